The number of thioether (sulfide) groups is 1. The van der Waals surface area contributed by atoms with Gasteiger partial charge in [-0.15, -0.1) is 11.3 Å². The number of thiophene rings is 1. The molecule has 1 N–H and O–H groups in total. The highest BCUT2D eigenvalue weighted by Gasteiger charge is 2.36. The van der Waals surface area contributed by atoms with Crippen molar-refractivity contribution in [3.8, 4) is 0 Å². The first kappa shape index (κ1) is 9.06. The van der Waals surface area contributed by atoms with Gasteiger partial charge in [-0.05, 0) is 39.6 Å². The average Bonchev–Trinajstić information content (AvgIpc) is 2.59. The van der Waals surface area contributed by atoms with Gasteiger partial charge < -0.3 is 5.11 Å². The molecule has 1 atom stereocenters. The summed E-state index contributed by atoms with van der Waals surface area (Å²) in [5.74, 6) is 1.91. The van der Waals surface area contributed by atoms with Crippen molar-refractivity contribution < 1.29 is 5.11 Å². The molecule has 1 aliphatic rings. The number of hydrogen-bond donors (Lipinski definition) is 1. The quantitative estimate of drug-likeness (QED) is 0.842. The van der Waals surface area contributed by atoms with Crippen molar-refractivity contribution in [3.05, 3.63) is 20.8 Å². The summed E-state index contributed by atoms with van der Waals surface area (Å²) in [5.41, 5.74) is -0.558. The van der Waals surface area contributed by atoms with E-state index in [1.165, 1.54) is 0 Å². The topological polar surface area (TPSA) is 20.2 Å². The van der Waals surface area contributed by atoms with Crippen LogP contribution < -0.4 is 0 Å². The second kappa shape index (κ2) is 3.33. The first-order chi connectivity index (χ1) is 5.72. The van der Waals surface area contributed by atoms with Crippen molar-refractivity contribution >= 4 is 39.0 Å². The third-order valence-electron chi connectivity index (χ3n) is 2.04. The van der Waals surface area contributed by atoms with Gasteiger partial charge in [0, 0.05) is 10.2 Å². The van der Waals surface area contributed by atoms with Gasteiger partial charge in [-0.2, -0.15) is 11.8 Å². The Morgan fingerprint density at radius 2 is 2.42 bits per heavy atom. The Morgan fingerprint density at radius 1 is 1.58 bits per heavy atom. The monoisotopic (exact) mass is 264 g/mol. The summed E-state index contributed by atoms with van der Waals surface area (Å²) >= 11 is 6.91. The average molecular weight is 265 g/mol. The molecule has 0 bridgehead atoms. The molecule has 1 aromatic rings. The summed E-state index contributed by atoms with van der Waals surface area (Å²) in [4.78, 5) is 1.09. The maximum atomic E-state index is 10.2. The SMILES string of the molecule is OC1(c2sccc2Br)CCSC1. The number of halogens is 1. The molecule has 0 radical (unpaired) electrons. The van der Waals surface area contributed by atoms with E-state index in [4.69, 9.17) is 0 Å². The van der Waals surface area contributed by atoms with E-state index in [2.05, 4.69) is 15.9 Å². The molecule has 1 nitrogen and oxygen atoms in total. The summed E-state index contributed by atoms with van der Waals surface area (Å²) < 4.78 is 1.05. The fourth-order valence-electron chi connectivity index (χ4n) is 1.36. The standard InChI is InChI=1S/C8H9BrOS2/c9-6-1-3-12-7(6)8(10)2-4-11-5-8/h1,3,10H,2,4-5H2. The van der Waals surface area contributed by atoms with Crippen LogP contribution in [0.15, 0.2) is 15.9 Å². The molecule has 0 amide bonds. The van der Waals surface area contributed by atoms with E-state index in [0.29, 0.717) is 0 Å². The summed E-state index contributed by atoms with van der Waals surface area (Å²) in [5, 5.41) is 12.2. The van der Waals surface area contributed by atoms with Crippen LogP contribution in [0, 0.1) is 0 Å². The Kier molecular flexibility index (Phi) is 2.51. The zero-order chi connectivity index (χ0) is 8.60. The predicted octanol–water partition coefficient (Wildman–Crippen LogP) is 2.84. The lowest BCUT2D eigenvalue weighted by atomic mass is 10.0. The van der Waals surface area contributed by atoms with Crippen LogP contribution in [-0.4, -0.2) is 16.6 Å². The third kappa shape index (κ3) is 1.45. The smallest absolute Gasteiger partial charge is 0.110 e. The molecule has 0 aromatic carbocycles. The summed E-state index contributed by atoms with van der Waals surface area (Å²) in [6.07, 6.45) is 0.886. The molecule has 12 heavy (non-hydrogen) atoms. The lowest BCUT2D eigenvalue weighted by Crippen LogP contribution is -2.23. The van der Waals surface area contributed by atoms with E-state index in [0.717, 1.165) is 27.3 Å². The lowest BCUT2D eigenvalue weighted by molar-refractivity contribution is 0.0690. The second-order valence-corrected chi connectivity index (χ2v) is 5.81. The van der Waals surface area contributed by atoms with Gasteiger partial charge in [0.1, 0.15) is 5.60 Å². The van der Waals surface area contributed by atoms with E-state index in [1.807, 2.05) is 23.2 Å². The fourth-order valence-corrected chi connectivity index (χ4v) is 4.57. The minimum absolute atomic E-state index is 0.558. The van der Waals surface area contributed by atoms with Gasteiger partial charge >= 0.3 is 0 Å². The summed E-state index contributed by atoms with van der Waals surface area (Å²) in [6.45, 7) is 0. The van der Waals surface area contributed by atoms with Gasteiger partial charge in [0.2, 0.25) is 0 Å². The molecule has 1 aliphatic heterocycles. The van der Waals surface area contributed by atoms with Crippen molar-refractivity contribution in [1.82, 2.24) is 0 Å². The third-order valence-corrected chi connectivity index (χ3v) is 5.25. The Bertz CT molecular complexity index is 278. The first-order valence-corrected chi connectivity index (χ1v) is 6.59. The molecule has 0 saturated carbocycles. The van der Waals surface area contributed by atoms with E-state index >= 15 is 0 Å². The first-order valence-electron chi connectivity index (χ1n) is 3.76. The Labute approximate surface area is 88.3 Å². The highest BCUT2D eigenvalue weighted by atomic mass is 79.9. The molecular formula is C8H9BrOS2. The highest BCUT2D eigenvalue weighted by Crippen LogP contribution is 2.42. The minimum atomic E-state index is -0.558. The highest BCUT2D eigenvalue weighted by molar-refractivity contribution is 9.10. The number of hydrogen-bond acceptors (Lipinski definition) is 3. The maximum absolute atomic E-state index is 10.2. The molecule has 66 valence electrons. The van der Waals surface area contributed by atoms with Crippen molar-refractivity contribution in [1.29, 1.82) is 0 Å². The van der Waals surface area contributed by atoms with Gasteiger partial charge in [-0.25, -0.2) is 0 Å². The van der Waals surface area contributed by atoms with Crippen molar-refractivity contribution in [2.24, 2.45) is 0 Å². The normalized spacial score (nSPS) is 29.5. The zero-order valence-corrected chi connectivity index (χ0v) is 9.64. The molecule has 4 heteroatoms. The van der Waals surface area contributed by atoms with Crippen LogP contribution in [0.4, 0.5) is 0 Å². The fraction of sp³-hybridized carbons (Fsp3) is 0.500. The van der Waals surface area contributed by atoms with Gasteiger partial charge in [-0.3, -0.25) is 0 Å². The van der Waals surface area contributed by atoms with Crippen LogP contribution in [0.25, 0.3) is 0 Å². The van der Waals surface area contributed by atoms with Crippen LogP contribution >= 0.6 is 39.0 Å². The van der Waals surface area contributed by atoms with Crippen LogP contribution in [0.3, 0.4) is 0 Å². The minimum Gasteiger partial charge on any atom is -0.383 e. The molecule has 1 unspecified atom stereocenters. The van der Waals surface area contributed by atoms with Crippen molar-refractivity contribution in [2.75, 3.05) is 11.5 Å². The Hall–Kier alpha value is 0.490. The number of aliphatic hydroxyl groups is 1. The second-order valence-electron chi connectivity index (χ2n) is 2.93. The van der Waals surface area contributed by atoms with E-state index in [9.17, 15) is 5.11 Å². The van der Waals surface area contributed by atoms with Crippen LogP contribution in [0.5, 0.6) is 0 Å². The molecule has 1 saturated heterocycles. The largest absolute Gasteiger partial charge is 0.383 e. The van der Waals surface area contributed by atoms with Crippen LogP contribution in [-0.2, 0) is 5.60 Å². The van der Waals surface area contributed by atoms with Crippen molar-refractivity contribution in [3.63, 3.8) is 0 Å². The Morgan fingerprint density at radius 3 is 2.92 bits per heavy atom. The zero-order valence-electron chi connectivity index (χ0n) is 6.42. The number of rotatable bonds is 1. The van der Waals surface area contributed by atoms with Crippen molar-refractivity contribution in [2.45, 2.75) is 12.0 Å². The van der Waals surface area contributed by atoms with Crippen LogP contribution in [0.2, 0.25) is 0 Å². The molecule has 1 aromatic heterocycles. The molecule has 2 rings (SSSR count). The maximum Gasteiger partial charge on any atom is 0.110 e. The predicted molar refractivity (Wildman–Crippen MR) is 57.9 cm³/mol. The van der Waals surface area contributed by atoms with E-state index < -0.39 is 5.60 Å². The van der Waals surface area contributed by atoms with E-state index in [-0.39, 0.29) is 0 Å². The Balaban J connectivity index is 2.34. The van der Waals surface area contributed by atoms with Gasteiger partial charge in [0.15, 0.2) is 0 Å². The van der Waals surface area contributed by atoms with Gasteiger partial charge in [-0.1, -0.05) is 0 Å². The summed E-state index contributed by atoms with van der Waals surface area (Å²) in [6, 6.07) is 2.00. The van der Waals surface area contributed by atoms with Crippen LogP contribution in [0.1, 0.15) is 11.3 Å². The molecular weight excluding hydrogens is 256 g/mol. The molecule has 0 aliphatic carbocycles. The molecule has 1 fully saturated rings. The van der Waals surface area contributed by atoms with Gasteiger partial charge in [0.05, 0.1) is 4.88 Å². The van der Waals surface area contributed by atoms with E-state index in [1.54, 1.807) is 11.3 Å². The lowest BCUT2D eigenvalue weighted by Gasteiger charge is -2.19. The van der Waals surface area contributed by atoms with Gasteiger partial charge in [0.25, 0.3) is 0 Å². The summed E-state index contributed by atoms with van der Waals surface area (Å²) in [7, 11) is 0. The molecule has 0 spiro atoms. The molecule has 2 heterocycles.